The van der Waals surface area contributed by atoms with Crippen molar-refractivity contribution in [2.75, 3.05) is 0 Å². The summed E-state index contributed by atoms with van der Waals surface area (Å²) in [5.74, 6) is 0.968. The zero-order valence-electron chi connectivity index (χ0n) is 11.5. The molecular weight excluding hydrogens is 338 g/mol. The van der Waals surface area contributed by atoms with Crippen LogP contribution in [0.5, 0.6) is 11.5 Å². The van der Waals surface area contributed by atoms with Gasteiger partial charge in [0.05, 0.1) is 16.6 Å². The van der Waals surface area contributed by atoms with E-state index in [4.69, 9.17) is 4.74 Å². The Morgan fingerprint density at radius 3 is 2.62 bits per heavy atom. The van der Waals surface area contributed by atoms with Gasteiger partial charge in [-0.3, -0.25) is 10.1 Å². The Hall–Kier alpha value is -1.92. The average Bonchev–Trinajstić information content (AvgIpc) is 2.40. The first-order valence-corrected chi connectivity index (χ1v) is 7.09. The summed E-state index contributed by atoms with van der Waals surface area (Å²) in [6, 6.07) is 9.88. The van der Waals surface area contributed by atoms with Crippen molar-refractivity contribution in [1.82, 2.24) is 0 Å². The molecule has 0 heterocycles. The number of nitro groups is 1. The van der Waals surface area contributed by atoms with Crippen LogP contribution in [-0.2, 0) is 0 Å². The van der Waals surface area contributed by atoms with Crippen LogP contribution in [0.3, 0.4) is 0 Å². The van der Waals surface area contributed by atoms with Crippen molar-refractivity contribution in [3.63, 3.8) is 0 Å². The normalized spacial score (nSPS) is 12.0. The number of aliphatic hydroxyl groups excluding tert-OH is 1. The van der Waals surface area contributed by atoms with Gasteiger partial charge in [0.2, 0.25) is 0 Å². The van der Waals surface area contributed by atoms with Crippen LogP contribution < -0.4 is 4.74 Å². The van der Waals surface area contributed by atoms with Crippen molar-refractivity contribution in [1.29, 1.82) is 0 Å². The Morgan fingerprint density at radius 2 is 2.05 bits per heavy atom. The highest BCUT2D eigenvalue weighted by molar-refractivity contribution is 9.10. The predicted octanol–water partition coefficient (Wildman–Crippen LogP) is 4.51. The summed E-state index contributed by atoms with van der Waals surface area (Å²) in [5.41, 5.74) is 1.24. The SMILES string of the molecule is Cc1c(Oc2ccc(C(C)O)c(Br)c2)cccc1[N+](=O)[O-]. The number of halogens is 1. The molecule has 5 nitrogen and oxygen atoms in total. The molecule has 2 aromatic carbocycles. The Kier molecular flexibility index (Phi) is 4.59. The van der Waals surface area contributed by atoms with Crippen LogP contribution in [0.2, 0.25) is 0 Å². The van der Waals surface area contributed by atoms with Crippen LogP contribution in [0.25, 0.3) is 0 Å². The average molecular weight is 352 g/mol. The van der Waals surface area contributed by atoms with Gasteiger partial charge in [-0.05, 0) is 37.6 Å². The first-order chi connectivity index (χ1) is 9.90. The van der Waals surface area contributed by atoms with E-state index in [1.54, 1.807) is 44.2 Å². The fraction of sp³-hybridized carbons (Fsp3) is 0.200. The largest absolute Gasteiger partial charge is 0.457 e. The van der Waals surface area contributed by atoms with Crippen molar-refractivity contribution < 1.29 is 14.8 Å². The molecule has 0 amide bonds. The van der Waals surface area contributed by atoms with Crippen molar-refractivity contribution in [2.24, 2.45) is 0 Å². The molecule has 6 heteroatoms. The third-order valence-electron chi connectivity index (χ3n) is 3.10. The summed E-state index contributed by atoms with van der Waals surface area (Å²) in [5, 5.41) is 20.5. The predicted molar refractivity (Wildman–Crippen MR) is 82.7 cm³/mol. The molecule has 0 fully saturated rings. The maximum absolute atomic E-state index is 10.9. The van der Waals surface area contributed by atoms with E-state index < -0.39 is 11.0 Å². The Morgan fingerprint density at radius 1 is 1.33 bits per heavy atom. The minimum absolute atomic E-state index is 0.0205. The molecule has 0 aliphatic heterocycles. The number of hydrogen-bond donors (Lipinski definition) is 1. The molecule has 0 aliphatic carbocycles. The fourth-order valence-corrected chi connectivity index (χ4v) is 2.64. The van der Waals surface area contributed by atoms with Crippen LogP contribution in [-0.4, -0.2) is 10.0 Å². The number of nitro benzene ring substituents is 1. The zero-order valence-corrected chi connectivity index (χ0v) is 13.1. The van der Waals surface area contributed by atoms with E-state index in [9.17, 15) is 15.2 Å². The van der Waals surface area contributed by atoms with Crippen LogP contribution in [0, 0.1) is 17.0 Å². The summed E-state index contributed by atoms with van der Waals surface area (Å²) in [7, 11) is 0. The Balaban J connectivity index is 2.33. The van der Waals surface area contributed by atoms with Gasteiger partial charge in [-0.15, -0.1) is 0 Å². The molecule has 2 aromatic rings. The lowest BCUT2D eigenvalue weighted by molar-refractivity contribution is -0.385. The smallest absolute Gasteiger partial charge is 0.276 e. The number of benzene rings is 2. The molecule has 1 N–H and O–H groups in total. The maximum Gasteiger partial charge on any atom is 0.276 e. The molecule has 0 aromatic heterocycles. The van der Waals surface area contributed by atoms with E-state index in [2.05, 4.69) is 15.9 Å². The number of nitrogens with zero attached hydrogens (tertiary/aromatic N) is 1. The molecule has 1 unspecified atom stereocenters. The second-order valence-corrected chi connectivity index (χ2v) is 5.47. The van der Waals surface area contributed by atoms with Crippen LogP contribution >= 0.6 is 15.9 Å². The van der Waals surface area contributed by atoms with E-state index in [0.29, 0.717) is 17.1 Å². The summed E-state index contributed by atoms with van der Waals surface area (Å²) >= 11 is 3.37. The van der Waals surface area contributed by atoms with Gasteiger partial charge in [-0.25, -0.2) is 0 Å². The van der Waals surface area contributed by atoms with Crippen molar-refractivity contribution in [3.05, 3.63) is 62.1 Å². The zero-order chi connectivity index (χ0) is 15.6. The third-order valence-corrected chi connectivity index (χ3v) is 3.79. The Bertz CT molecular complexity index is 685. The molecule has 0 spiro atoms. The fourth-order valence-electron chi connectivity index (χ4n) is 1.95. The van der Waals surface area contributed by atoms with Crippen LogP contribution in [0.4, 0.5) is 5.69 Å². The molecular formula is C15H14BrNO4. The van der Waals surface area contributed by atoms with Gasteiger partial charge in [0.15, 0.2) is 0 Å². The third kappa shape index (κ3) is 3.40. The quantitative estimate of drug-likeness (QED) is 0.649. The molecule has 0 radical (unpaired) electrons. The van der Waals surface area contributed by atoms with Crippen molar-refractivity contribution in [2.45, 2.75) is 20.0 Å². The number of rotatable bonds is 4. The lowest BCUT2D eigenvalue weighted by Crippen LogP contribution is -1.96. The van der Waals surface area contributed by atoms with E-state index in [-0.39, 0.29) is 5.69 Å². The van der Waals surface area contributed by atoms with Gasteiger partial charge in [0.25, 0.3) is 5.69 Å². The second-order valence-electron chi connectivity index (χ2n) is 4.62. The minimum atomic E-state index is -0.590. The highest BCUT2D eigenvalue weighted by Crippen LogP contribution is 2.33. The van der Waals surface area contributed by atoms with E-state index in [1.165, 1.54) is 6.07 Å². The lowest BCUT2D eigenvalue weighted by Gasteiger charge is -2.12. The lowest BCUT2D eigenvalue weighted by atomic mass is 10.1. The number of hydrogen-bond acceptors (Lipinski definition) is 4. The highest BCUT2D eigenvalue weighted by atomic mass is 79.9. The van der Waals surface area contributed by atoms with Crippen molar-refractivity contribution >= 4 is 21.6 Å². The van der Waals surface area contributed by atoms with Gasteiger partial charge in [-0.1, -0.05) is 28.1 Å². The summed E-state index contributed by atoms with van der Waals surface area (Å²) in [6.07, 6.45) is -0.590. The van der Waals surface area contributed by atoms with Crippen LogP contribution in [0.15, 0.2) is 40.9 Å². The number of ether oxygens (including phenoxy) is 1. The van der Waals surface area contributed by atoms with E-state index >= 15 is 0 Å². The monoisotopic (exact) mass is 351 g/mol. The highest BCUT2D eigenvalue weighted by Gasteiger charge is 2.15. The molecule has 0 aliphatic rings. The first-order valence-electron chi connectivity index (χ1n) is 6.29. The molecule has 2 rings (SSSR count). The molecule has 1 atom stereocenters. The van der Waals surface area contributed by atoms with E-state index in [0.717, 1.165) is 10.0 Å². The summed E-state index contributed by atoms with van der Waals surface area (Å²) in [6.45, 7) is 3.32. The van der Waals surface area contributed by atoms with Gasteiger partial charge in [0.1, 0.15) is 11.5 Å². The molecule has 0 saturated heterocycles. The van der Waals surface area contributed by atoms with Gasteiger partial charge < -0.3 is 9.84 Å². The maximum atomic E-state index is 10.9. The summed E-state index contributed by atoms with van der Waals surface area (Å²) < 4.78 is 6.42. The molecule has 21 heavy (non-hydrogen) atoms. The van der Waals surface area contributed by atoms with Gasteiger partial charge in [0, 0.05) is 10.5 Å². The van der Waals surface area contributed by atoms with Gasteiger partial charge >= 0.3 is 0 Å². The summed E-state index contributed by atoms with van der Waals surface area (Å²) in [4.78, 5) is 10.5. The van der Waals surface area contributed by atoms with E-state index in [1.807, 2.05) is 0 Å². The van der Waals surface area contributed by atoms with Gasteiger partial charge in [-0.2, -0.15) is 0 Å². The molecule has 0 bridgehead atoms. The topological polar surface area (TPSA) is 72.6 Å². The van der Waals surface area contributed by atoms with Crippen molar-refractivity contribution in [3.8, 4) is 11.5 Å². The second kappa shape index (κ2) is 6.24. The molecule has 0 saturated carbocycles. The first kappa shape index (κ1) is 15.5. The van der Waals surface area contributed by atoms with Crippen LogP contribution in [0.1, 0.15) is 24.2 Å². The number of aliphatic hydroxyl groups is 1. The minimum Gasteiger partial charge on any atom is -0.457 e. The molecule has 110 valence electrons. The Labute approximate surface area is 130 Å². The standard InChI is InChI=1S/C15H14BrNO4/c1-9-14(17(19)20)4-3-5-15(9)21-11-6-7-12(10(2)18)13(16)8-11/h3-8,10,18H,1-2H3.